The molecule has 0 aliphatic heterocycles. The van der Waals surface area contributed by atoms with Crippen molar-refractivity contribution < 1.29 is 4.28 Å². The van der Waals surface area contributed by atoms with E-state index in [0.29, 0.717) is 0 Å². The molecule has 7 heteroatoms. The predicted molar refractivity (Wildman–Crippen MR) is 379 cm³/mol. The van der Waals surface area contributed by atoms with Crippen molar-refractivity contribution >= 4 is 21.1 Å². The third-order valence-corrected chi connectivity index (χ3v) is 3.66. The molecule has 0 amide bonds. The second kappa shape index (κ2) is 165. The maximum atomic E-state index is 5.25. The fraction of sp³-hybridized carbons (Fsp3) is 0.100. The van der Waals surface area contributed by atoms with Gasteiger partial charge in [0, 0.05) is 4.28 Å². The fourth-order valence-electron chi connectivity index (χ4n) is 1.55. The molecule has 87 heavy (non-hydrogen) atoms. The molecular weight excluding hydrogens is 1070 g/mol. The Morgan fingerprint density at radius 1 is 0.230 bits per heavy atom. The van der Waals surface area contributed by atoms with E-state index in [-0.39, 0.29) is 25.2 Å². The van der Waals surface area contributed by atoms with Crippen molar-refractivity contribution in [2.45, 2.75) is 55.9 Å². The van der Waals surface area contributed by atoms with E-state index < -0.39 is 0 Å². The van der Waals surface area contributed by atoms with E-state index in [1.165, 1.54) is 0 Å². The fourth-order valence-corrected chi connectivity index (χ4v) is 1.55. The normalized spacial score (nSPS) is 3.55. The first-order valence-corrected chi connectivity index (χ1v) is 20.5. The molecule has 0 fully saturated rings. The SMILES string of the molecule is C.C#C.C#CC.C#CC#CC.C#CC#CC#C.C#CC#CC#CC.C#CC#CC#CC#CC.C#CC#CC#CC#CC#C.C#CC#CC#CC#CC#CC.C#CC#CC#CC#CC#CC#CC#C.CC#CC#CC#CC#CC#CC.N/N=N/N.S.[B]=N.[HH].[HH].[HH]. The van der Waals surface area contributed by atoms with Crippen LogP contribution < -0.4 is 11.7 Å². The molecule has 1 radical (unpaired) electrons. The molecule has 0 atom stereocenters. The van der Waals surface area contributed by atoms with Crippen LogP contribution in [0.2, 0.25) is 0 Å². The molecule has 0 saturated carbocycles. The predicted octanol–water partition coefficient (Wildman–Crippen LogP) is 5.90. The van der Waals surface area contributed by atoms with Crippen LogP contribution in [0.25, 0.3) is 0 Å². The van der Waals surface area contributed by atoms with Gasteiger partial charge in [-0.05, 0) is 356 Å². The van der Waals surface area contributed by atoms with Crippen LogP contribution >= 0.6 is 13.5 Å². The first kappa shape index (κ1) is 107. The van der Waals surface area contributed by atoms with Gasteiger partial charge in [0.1, 0.15) is 0 Å². The van der Waals surface area contributed by atoms with Crippen LogP contribution in [0.3, 0.4) is 0 Å². The topological polar surface area (TPSA) is 101 Å². The van der Waals surface area contributed by atoms with Crippen molar-refractivity contribution in [3.8, 4) is 433 Å². The molecule has 405 valence electrons. The number of nitrogens with two attached hydrogens (primary N) is 2. The third-order valence-electron chi connectivity index (χ3n) is 3.66. The molecule has 0 saturated heterocycles. The molecule has 0 aliphatic carbocycles. The Labute approximate surface area is 538 Å². The largest absolute Gasteiger partial charge is 0 e. The maximum absolute atomic E-state index is 5.25. The Morgan fingerprint density at radius 2 is 0.310 bits per heavy atom. The van der Waals surface area contributed by atoms with Gasteiger partial charge in [-0.25, -0.2) is 0 Å². The molecule has 0 spiro atoms. The van der Waals surface area contributed by atoms with Gasteiger partial charge in [-0.2, -0.15) is 13.5 Å². The minimum atomic E-state index is 0. The zero-order valence-corrected chi connectivity index (χ0v) is 48.6. The molecule has 0 rings (SSSR count). The smallest absolute Gasteiger partial charge is 0 e. The Kier molecular flexibility index (Phi) is 202. The Bertz CT molecular complexity index is 4220. The van der Waals surface area contributed by atoms with Crippen LogP contribution in [0, 0.1) is 438 Å². The zero-order chi connectivity index (χ0) is 67.1. The quantitative estimate of drug-likeness (QED) is 0.0927. The van der Waals surface area contributed by atoms with Gasteiger partial charge in [0.05, 0.1) is 0 Å². The second-order valence-corrected chi connectivity index (χ2v) is 8.71. The van der Waals surface area contributed by atoms with Crippen molar-refractivity contribution in [1.29, 1.82) is 5.31 Å². The van der Waals surface area contributed by atoms with Gasteiger partial charge in [0.2, 0.25) is 0 Å². The molecule has 5 nitrogen and oxygen atoms in total. The van der Waals surface area contributed by atoms with Crippen molar-refractivity contribution in [3.63, 3.8) is 0 Å². The van der Waals surface area contributed by atoms with Gasteiger partial charge < -0.3 is 11.7 Å². The maximum Gasteiger partial charge on any atom is 0 e. The van der Waals surface area contributed by atoms with E-state index in [9.17, 15) is 0 Å². The molecule has 0 heterocycles. The van der Waals surface area contributed by atoms with Crippen LogP contribution in [0.1, 0.15) is 60.2 Å². The number of nitrogens with one attached hydrogen (secondary N) is 1. The van der Waals surface area contributed by atoms with Gasteiger partial charge in [-0.15, -0.1) is 89.4 Å². The number of hydrogen-bond acceptors (Lipinski definition) is 3. The molecule has 0 aromatic carbocycles. The summed E-state index contributed by atoms with van der Waals surface area (Å²) in [6.07, 6.45) is 60.5. The first-order chi connectivity index (χ1) is 41.6. The Hall–Kier alpha value is -16.4. The summed E-state index contributed by atoms with van der Waals surface area (Å²) in [5.74, 6) is 150. The minimum Gasteiger partial charge on any atom is 0 e. The molecular formula is C80H51BN5S. The molecule has 0 bridgehead atoms. The van der Waals surface area contributed by atoms with Crippen molar-refractivity contribution in [2.75, 3.05) is 0 Å². The van der Waals surface area contributed by atoms with E-state index in [1.54, 1.807) is 48.5 Å². The van der Waals surface area contributed by atoms with Crippen molar-refractivity contribution in [1.82, 2.24) is 0 Å². The summed E-state index contributed by atoms with van der Waals surface area (Å²) in [7, 11) is 3.75. The summed E-state index contributed by atoms with van der Waals surface area (Å²) < 4.78 is 0. The van der Waals surface area contributed by atoms with Crippen LogP contribution in [0.4, 0.5) is 0 Å². The van der Waals surface area contributed by atoms with E-state index in [4.69, 9.17) is 69.5 Å². The van der Waals surface area contributed by atoms with Gasteiger partial charge >= 0.3 is 13.0 Å². The number of rotatable bonds is 0. The standard InChI is InChI=1S/C14H2.C12H6.C11H4.C10H2.C9H4.C7H4.C6H2.C5H4.C3H4.C2H2.CH4.BHN.H4N4.H2S.3H2/c1-3-5-7-9-11-13-14-12-10-8-6-4-2;1-3-5-7-9-11-12-10-8-6-4-2;1-3-5-7-9-11-10-8-6-4-2;1-3-5-7-9-10-8-6-4-2;1-3-5-7-9-8-6-4-2;1-3-5-7-6-4-2;1-3-5-6-4-2;1-3-5-4-2;1-3-2;1-2;;1-2;1-3-4-2;;;;/h1-2H;1-2H3;1H,2H3;1-2H;1H,2H3;1H,2H3;1-2H;1H,2H3;1H,2H3;1-2H;1H4;2H;(H2,1,4)(H2,2,3);1H2;3*1H. The van der Waals surface area contributed by atoms with Gasteiger partial charge in [-0.3, -0.25) is 0 Å². The summed E-state index contributed by atoms with van der Waals surface area (Å²) >= 11 is 0. The van der Waals surface area contributed by atoms with E-state index >= 15 is 0 Å². The van der Waals surface area contributed by atoms with Gasteiger partial charge in [0.25, 0.3) is 0 Å². The zero-order valence-electron chi connectivity index (χ0n) is 47.6. The number of terminal acetylenes is 12. The molecule has 5 N–H and O–H groups in total. The summed E-state index contributed by atoms with van der Waals surface area (Å²) in [5.41, 5.74) is 0. The van der Waals surface area contributed by atoms with Crippen LogP contribution in [-0.2, 0) is 0 Å². The summed E-state index contributed by atoms with van der Waals surface area (Å²) in [5, 5.41) is 10.5. The average molecular weight is 1130 g/mol. The van der Waals surface area contributed by atoms with Crippen molar-refractivity contribution in [3.05, 3.63) is 0 Å². The second-order valence-electron chi connectivity index (χ2n) is 8.71. The number of nitrogens with zero attached hydrogens (tertiary/aromatic N) is 2. The Morgan fingerprint density at radius 3 is 0.391 bits per heavy atom. The van der Waals surface area contributed by atoms with Gasteiger partial charge in [-0.1, -0.05) is 53.4 Å². The van der Waals surface area contributed by atoms with Crippen LogP contribution in [0.15, 0.2) is 10.4 Å². The van der Waals surface area contributed by atoms with Crippen molar-refractivity contribution in [2.24, 2.45) is 22.1 Å². The van der Waals surface area contributed by atoms with Crippen LogP contribution in [-0.4, -0.2) is 7.64 Å². The average Bonchev–Trinajstić information content (AvgIpc) is 3.53. The molecule has 0 aromatic heterocycles. The number of hydrogen-bond donors (Lipinski definition) is 3. The first-order valence-electron chi connectivity index (χ1n) is 20.5. The minimum absolute atomic E-state index is 0. The van der Waals surface area contributed by atoms with E-state index in [1.807, 2.05) is 0 Å². The van der Waals surface area contributed by atoms with E-state index in [0.717, 1.165) is 0 Å². The summed E-state index contributed by atoms with van der Waals surface area (Å²) in [4.78, 5) is 0. The van der Waals surface area contributed by atoms with Gasteiger partial charge in [0.15, 0.2) is 0 Å². The Balaban J connectivity index is -0.0000000443. The summed E-state index contributed by atoms with van der Waals surface area (Å²) in [6, 6.07) is 0. The third kappa shape index (κ3) is 266. The molecule has 0 unspecified atom stereocenters. The summed E-state index contributed by atoms with van der Waals surface area (Å²) in [6.45, 7) is 11.9. The van der Waals surface area contributed by atoms with E-state index in [2.05, 4.69) is 398 Å². The molecule has 0 aromatic rings. The van der Waals surface area contributed by atoms with Crippen LogP contribution in [0.5, 0.6) is 0 Å². The monoisotopic (exact) mass is 1120 g/mol. The molecule has 0 aliphatic rings.